The molecule has 110 valence electrons. The summed E-state index contributed by atoms with van der Waals surface area (Å²) in [5.41, 5.74) is 0. The van der Waals surface area contributed by atoms with E-state index < -0.39 is 0 Å². The molecule has 2 aromatic heterocycles. The number of nitrogens with zero attached hydrogens (tertiary/aromatic N) is 2. The van der Waals surface area contributed by atoms with Crippen LogP contribution in [0.5, 0.6) is 0 Å². The molecule has 2 aromatic rings. The van der Waals surface area contributed by atoms with Crippen molar-refractivity contribution in [3.8, 4) is 0 Å². The van der Waals surface area contributed by atoms with Crippen molar-refractivity contribution < 1.29 is 5.11 Å². The molecule has 0 aliphatic heterocycles. The van der Waals surface area contributed by atoms with Crippen LogP contribution >= 0.6 is 11.3 Å². The number of aromatic nitrogens is 2. The fourth-order valence-corrected chi connectivity index (χ4v) is 2.87. The van der Waals surface area contributed by atoms with Crippen LogP contribution in [0.15, 0.2) is 6.07 Å². The van der Waals surface area contributed by atoms with Crippen LogP contribution in [0.4, 0.5) is 11.8 Å². The zero-order valence-corrected chi connectivity index (χ0v) is 13.2. The Balaban J connectivity index is 2.43. The lowest BCUT2D eigenvalue weighted by atomic mass is 10.1. The molecule has 0 fully saturated rings. The monoisotopic (exact) mass is 294 g/mol. The number of aryl methyl sites for hydroxylation is 1. The molecule has 2 rings (SSSR count). The number of aliphatic hydroxyl groups excluding tert-OH is 1. The first-order valence-corrected chi connectivity index (χ1v) is 7.76. The highest BCUT2D eigenvalue weighted by molar-refractivity contribution is 7.18. The highest BCUT2D eigenvalue weighted by atomic mass is 32.1. The molecule has 2 heterocycles. The Morgan fingerprint density at radius 2 is 2.10 bits per heavy atom. The van der Waals surface area contributed by atoms with Crippen molar-refractivity contribution in [1.29, 1.82) is 0 Å². The first kappa shape index (κ1) is 15.0. The van der Waals surface area contributed by atoms with Gasteiger partial charge < -0.3 is 15.7 Å². The van der Waals surface area contributed by atoms with Gasteiger partial charge in [-0.15, -0.1) is 11.3 Å². The Morgan fingerprint density at radius 1 is 1.35 bits per heavy atom. The van der Waals surface area contributed by atoms with Crippen LogP contribution in [0.2, 0.25) is 0 Å². The molecule has 1 atom stereocenters. The maximum Gasteiger partial charge on any atom is 0.226 e. The van der Waals surface area contributed by atoms with Crippen molar-refractivity contribution in [1.82, 2.24) is 9.97 Å². The third-order valence-electron chi connectivity index (χ3n) is 3.17. The number of anilines is 2. The lowest BCUT2D eigenvalue weighted by molar-refractivity contribution is 0.249. The van der Waals surface area contributed by atoms with Crippen LogP contribution in [0.3, 0.4) is 0 Å². The number of nitrogens with one attached hydrogen (secondary N) is 2. The molecule has 0 saturated carbocycles. The molecule has 3 N–H and O–H groups in total. The molecule has 0 spiro atoms. The summed E-state index contributed by atoms with van der Waals surface area (Å²) in [7, 11) is 0. The Bertz CT molecular complexity index is 582. The third-order valence-corrected chi connectivity index (χ3v) is 4.12. The Morgan fingerprint density at radius 3 is 2.70 bits per heavy atom. The fourth-order valence-electron chi connectivity index (χ4n) is 1.99. The molecular weight excluding hydrogens is 272 g/mol. The largest absolute Gasteiger partial charge is 0.394 e. The van der Waals surface area contributed by atoms with E-state index >= 15 is 0 Å². The van der Waals surface area contributed by atoms with Crippen LogP contribution < -0.4 is 10.6 Å². The summed E-state index contributed by atoms with van der Waals surface area (Å²) >= 11 is 1.66. The van der Waals surface area contributed by atoms with Crippen LogP contribution in [0.1, 0.15) is 25.6 Å². The van der Waals surface area contributed by atoms with E-state index in [-0.39, 0.29) is 12.6 Å². The van der Waals surface area contributed by atoms with Gasteiger partial charge in [0.05, 0.1) is 18.0 Å². The molecule has 0 radical (unpaired) electrons. The SMILES string of the molecule is CCNc1nc(NC(CO)C(C)C)c2cc(C)sc2n1. The number of hydrogen-bond donors (Lipinski definition) is 3. The van der Waals surface area contributed by atoms with Crippen molar-refractivity contribution in [3.05, 3.63) is 10.9 Å². The summed E-state index contributed by atoms with van der Waals surface area (Å²) in [6.45, 7) is 9.11. The molecule has 0 aromatic carbocycles. The standard InChI is InChI=1S/C14H22N4OS/c1-5-15-14-17-12(16-11(7-19)8(2)3)10-6-9(4)20-13(10)18-14/h6,8,11,19H,5,7H2,1-4H3,(H2,15,16,17,18). The minimum atomic E-state index is -0.0113. The van der Waals surface area contributed by atoms with E-state index in [1.54, 1.807) is 11.3 Å². The number of rotatable bonds is 6. The van der Waals surface area contributed by atoms with Crippen LogP contribution in [0.25, 0.3) is 10.2 Å². The van der Waals surface area contributed by atoms with Crippen molar-refractivity contribution in [2.45, 2.75) is 33.7 Å². The second-order valence-electron chi connectivity index (χ2n) is 5.18. The summed E-state index contributed by atoms with van der Waals surface area (Å²) in [5, 5.41) is 17.0. The minimum Gasteiger partial charge on any atom is -0.394 e. The maximum atomic E-state index is 9.49. The number of hydrogen-bond acceptors (Lipinski definition) is 6. The van der Waals surface area contributed by atoms with Gasteiger partial charge in [-0.2, -0.15) is 4.98 Å². The Labute approximate surface area is 123 Å². The smallest absolute Gasteiger partial charge is 0.226 e. The zero-order valence-electron chi connectivity index (χ0n) is 12.4. The van der Waals surface area contributed by atoms with Crippen molar-refractivity contribution in [2.24, 2.45) is 5.92 Å². The number of fused-ring (bicyclic) bond motifs is 1. The van der Waals surface area contributed by atoms with Gasteiger partial charge in [0, 0.05) is 11.4 Å². The van der Waals surface area contributed by atoms with E-state index in [1.165, 1.54) is 4.88 Å². The normalized spacial score (nSPS) is 12.9. The maximum absolute atomic E-state index is 9.49. The molecule has 1 unspecified atom stereocenters. The molecule has 0 aliphatic carbocycles. The van der Waals surface area contributed by atoms with Gasteiger partial charge in [0.1, 0.15) is 10.6 Å². The highest BCUT2D eigenvalue weighted by Crippen LogP contribution is 2.30. The number of thiophene rings is 1. The molecule has 6 heteroatoms. The van der Waals surface area contributed by atoms with Crippen molar-refractivity contribution >= 4 is 33.3 Å². The second-order valence-corrected chi connectivity index (χ2v) is 6.41. The van der Waals surface area contributed by atoms with Gasteiger partial charge in [-0.3, -0.25) is 0 Å². The van der Waals surface area contributed by atoms with Gasteiger partial charge in [0.25, 0.3) is 0 Å². The lowest BCUT2D eigenvalue weighted by Crippen LogP contribution is -2.30. The molecule has 0 amide bonds. The molecule has 0 aliphatic rings. The van der Waals surface area contributed by atoms with E-state index in [1.807, 2.05) is 6.92 Å². The number of aliphatic hydroxyl groups is 1. The average molecular weight is 294 g/mol. The van der Waals surface area contributed by atoms with Gasteiger partial charge in [-0.25, -0.2) is 4.98 Å². The van der Waals surface area contributed by atoms with Crippen molar-refractivity contribution in [2.75, 3.05) is 23.8 Å². The zero-order chi connectivity index (χ0) is 14.7. The summed E-state index contributed by atoms with van der Waals surface area (Å²) in [5.74, 6) is 1.75. The lowest BCUT2D eigenvalue weighted by Gasteiger charge is -2.21. The van der Waals surface area contributed by atoms with E-state index in [0.29, 0.717) is 11.9 Å². The summed E-state index contributed by atoms with van der Waals surface area (Å²) < 4.78 is 0. The summed E-state index contributed by atoms with van der Waals surface area (Å²) in [6.07, 6.45) is 0. The van der Waals surface area contributed by atoms with Crippen LogP contribution in [-0.2, 0) is 0 Å². The average Bonchev–Trinajstić information content (AvgIpc) is 2.76. The minimum absolute atomic E-state index is 0.0113. The van der Waals surface area contributed by atoms with Gasteiger partial charge in [-0.05, 0) is 25.8 Å². The quantitative estimate of drug-likeness (QED) is 0.764. The van der Waals surface area contributed by atoms with Crippen LogP contribution in [0, 0.1) is 12.8 Å². The first-order valence-electron chi connectivity index (χ1n) is 6.94. The topological polar surface area (TPSA) is 70.1 Å². The summed E-state index contributed by atoms with van der Waals surface area (Å²) in [4.78, 5) is 11.2. The Kier molecular flexibility index (Phi) is 4.77. The van der Waals surface area contributed by atoms with E-state index in [2.05, 4.69) is 47.4 Å². The van der Waals surface area contributed by atoms with Gasteiger partial charge in [0.2, 0.25) is 5.95 Å². The van der Waals surface area contributed by atoms with Gasteiger partial charge in [-0.1, -0.05) is 13.8 Å². The van der Waals surface area contributed by atoms with Crippen LogP contribution in [-0.4, -0.2) is 34.3 Å². The summed E-state index contributed by atoms with van der Waals surface area (Å²) in [6, 6.07) is 2.08. The molecule has 20 heavy (non-hydrogen) atoms. The molecular formula is C14H22N4OS. The second kappa shape index (κ2) is 6.37. The van der Waals surface area contributed by atoms with Gasteiger partial charge in [0.15, 0.2) is 0 Å². The Hall–Kier alpha value is -1.40. The van der Waals surface area contributed by atoms with Crippen molar-refractivity contribution in [3.63, 3.8) is 0 Å². The fraction of sp³-hybridized carbons (Fsp3) is 0.571. The van der Waals surface area contributed by atoms with E-state index in [0.717, 1.165) is 22.6 Å². The predicted molar refractivity (Wildman–Crippen MR) is 85.7 cm³/mol. The molecule has 5 nitrogen and oxygen atoms in total. The van der Waals surface area contributed by atoms with E-state index in [4.69, 9.17) is 0 Å². The molecule has 0 bridgehead atoms. The van der Waals surface area contributed by atoms with E-state index in [9.17, 15) is 5.11 Å². The molecule has 0 saturated heterocycles. The highest BCUT2D eigenvalue weighted by Gasteiger charge is 2.16. The third kappa shape index (κ3) is 3.19. The predicted octanol–water partition coefficient (Wildman–Crippen LogP) is 2.86. The first-order chi connectivity index (χ1) is 9.55. The van der Waals surface area contributed by atoms with Gasteiger partial charge >= 0.3 is 0 Å².